The average molecular weight is 315 g/mol. The molecule has 9 heteroatoms. The van der Waals surface area contributed by atoms with Gasteiger partial charge in [0, 0.05) is 12.1 Å². The van der Waals surface area contributed by atoms with Gasteiger partial charge in [-0.2, -0.15) is 0 Å². The second kappa shape index (κ2) is 4.98. The van der Waals surface area contributed by atoms with Crippen LogP contribution in [0.3, 0.4) is 0 Å². The van der Waals surface area contributed by atoms with E-state index < -0.39 is 27.7 Å². The molecule has 0 saturated heterocycles. The van der Waals surface area contributed by atoms with Crippen molar-refractivity contribution < 1.29 is 20.2 Å². The van der Waals surface area contributed by atoms with E-state index in [4.69, 9.17) is 0 Å². The largest absolute Gasteiger partial charge is 0.504 e. The van der Waals surface area contributed by atoms with E-state index in [9.17, 15) is 30.2 Å². The minimum absolute atomic E-state index is 0.0727. The van der Waals surface area contributed by atoms with Gasteiger partial charge in [-0.3, -0.25) is 14.9 Å². The van der Waals surface area contributed by atoms with Crippen molar-refractivity contribution in [2.75, 3.05) is 0 Å². The molecule has 9 nitrogen and oxygen atoms in total. The Bertz CT molecular complexity index is 1010. The lowest BCUT2D eigenvalue weighted by Crippen LogP contribution is -2.10. The monoisotopic (exact) mass is 315 g/mol. The SMILES string of the molecule is O=c1[nH]c(-c2ccccc2[N+](=O)[O-])nc2cc(O)c(O)c(O)c12. The number of benzene rings is 2. The number of para-hydroxylation sites is 1. The molecule has 0 spiro atoms. The highest BCUT2D eigenvalue weighted by Crippen LogP contribution is 2.39. The van der Waals surface area contributed by atoms with E-state index in [0.29, 0.717) is 0 Å². The summed E-state index contributed by atoms with van der Waals surface area (Å²) in [4.78, 5) is 28.9. The molecule has 0 unspecified atom stereocenters. The van der Waals surface area contributed by atoms with Crippen molar-refractivity contribution in [2.45, 2.75) is 0 Å². The van der Waals surface area contributed by atoms with Crippen molar-refractivity contribution in [1.82, 2.24) is 9.97 Å². The van der Waals surface area contributed by atoms with E-state index in [1.807, 2.05) is 0 Å². The molecular weight excluding hydrogens is 306 g/mol. The standard InChI is InChI=1S/C14H9N3O6/c18-9-5-7-10(12(20)11(9)19)14(21)16-13(15-7)6-3-1-2-4-8(6)17(22)23/h1-5,18-20H,(H,15,16,21). The number of hydrogen-bond acceptors (Lipinski definition) is 7. The van der Waals surface area contributed by atoms with E-state index in [1.54, 1.807) is 0 Å². The Hall–Kier alpha value is -3.62. The molecule has 0 atom stereocenters. The third-order valence-corrected chi connectivity index (χ3v) is 3.28. The quantitative estimate of drug-likeness (QED) is 0.319. The second-order valence-corrected chi connectivity index (χ2v) is 4.68. The molecule has 4 N–H and O–H groups in total. The molecule has 0 radical (unpaired) electrons. The third-order valence-electron chi connectivity index (χ3n) is 3.28. The van der Waals surface area contributed by atoms with Crippen LogP contribution in [0.5, 0.6) is 17.2 Å². The van der Waals surface area contributed by atoms with Crippen molar-refractivity contribution in [3.05, 3.63) is 50.8 Å². The molecule has 116 valence electrons. The number of phenols is 3. The van der Waals surface area contributed by atoms with Crippen molar-refractivity contribution in [1.29, 1.82) is 0 Å². The molecule has 0 aliphatic heterocycles. The van der Waals surface area contributed by atoms with Gasteiger partial charge in [0.25, 0.3) is 11.2 Å². The van der Waals surface area contributed by atoms with Gasteiger partial charge < -0.3 is 20.3 Å². The van der Waals surface area contributed by atoms with Gasteiger partial charge in [0.05, 0.1) is 16.0 Å². The summed E-state index contributed by atoms with van der Waals surface area (Å²) in [6.07, 6.45) is 0. The average Bonchev–Trinajstić information content (AvgIpc) is 2.52. The zero-order chi connectivity index (χ0) is 16.7. The molecule has 3 rings (SSSR count). The minimum atomic E-state index is -0.844. The first-order chi connectivity index (χ1) is 10.9. The third kappa shape index (κ3) is 2.20. The fourth-order valence-electron chi connectivity index (χ4n) is 2.22. The summed E-state index contributed by atoms with van der Waals surface area (Å²) >= 11 is 0. The fourth-order valence-corrected chi connectivity index (χ4v) is 2.22. The maximum absolute atomic E-state index is 12.1. The molecule has 0 amide bonds. The highest BCUT2D eigenvalue weighted by molar-refractivity contribution is 5.90. The van der Waals surface area contributed by atoms with E-state index in [2.05, 4.69) is 9.97 Å². The normalized spacial score (nSPS) is 10.8. The Morgan fingerprint density at radius 3 is 2.52 bits per heavy atom. The van der Waals surface area contributed by atoms with Crippen LogP contribution in [0.4, 0.5) is 5.69 Å². The first-order valence-electron chi connectivity index (χ1n) is 6.32. The summed E-state index contributed by atoms with van der Waals surface area (Å²) in [7, 11) is 0. The van der Waals surface area contributed by atoms with Gasteiger partial charge in [0.1, 0.15) is 11.2 Å². The molecule has 0 fully saturated rings. The Morgan fingerprint density at radius 2 is 1.83 bits per heavy atom. The van der Waals surface area contributed by atoms with Crippen LogP contribution in [0.2, 0.25) is 0 Å². The Kier molecular flexibility index (Phi) is 3.10. The highest BCUT2D eigenvalue weighted by Gasteiger charge is 2.20. The fraction of sp³-hybridized carbons (Fsp3) is 0. The van der Waals surface area contributed by atoms with Crippen molar-refractivity contribution in [2.24, 2.45) is 0 Å². The number of aromatic hydroxyl groups is 3. The number of nitrogens with zero attached hydrogens (tertiary/aromatic N) is 2. The van der Waals surface area contributed by atoms with Gasteiger partial charge in [-0.15, -0.1) is 0 Å². The molecule has 0 saturated carbocycles. The van der Waals surface area contributed by atoms with Gasteiger partial charge in [-0.1, -0.05) is 12.1 Å². The molecule has 0 bridgehead atoms. The van der Waals surface area contributed by atoms with E-state index in [1.165, 1.54) is 24.3 Å². The molecule has 23 heavy (non-hydrogen) atoms. The number of rotatable bonds is 2. The number of nitro benzene ring substituents is 1. The number of aromatic amines is 1. The zero-order valence-electron chi connectivity index (χ0n) is 11.3. The van der Waals surface area contributed by atoms with Gasteiger partial charge in [-0.05, 0) is 6.07 Å². The van der Waals surface area contributed by atoms with E-state index in [-0.39, 0.29) is 28.0 Å². The van der Waals surface area contributed by atoms with Gasteiger partial charge in [0.15, 0.2) is 11.5 Å². The topological polar surface area (TPSA) is 150 Å². The number of H-pyrrole nitrogens is 1. The summed E-state index contributed by atoms with van der Waals surface area (Å²) in [6, 6.07) is 6.65. The van der Waals surface area contributed by atoms with Crippen LogP contribution in [0, 0.1) is 10.1 Å². The van der Waals surface area contributed by atoms with Crippen LogP contribution < -0.4 is 5.56 Å². The minimum Gasteiger partial charge on any atom is -0.504 e. The summed E-state index contributed by atoms with van der Waals surface area (Å²) in [5, 5.41) is 39.5. The molecule has 1 aromatic heterocycles. The number of fused-ring (bicyclic) bond motifs is 1. The van der Waals surface area contributed by atoms with Crippen LogP contribution in [0.15, 0.2) is 35.1 Å². The van der Waals surface area contributed by atoms with Crippen molar-refractivity contribution in [3.63, 3.8) is 0 Å². The van der Waals surface area contributed by atoms with E-state index >= 15 is 0 Å². The first kappa shape index (κ1) is 14.3. The second-order valence-electron chi connectivity index (χ2n) is 4.68. The number of phenolic OH excluding ortho intramolecular Hbond substituents is 3. The Balaban J connectivity index is 2.36. The summed E-state index contributed by atoms with van der Waals surface area (Å²) < 4.78 is 0. The molecule has 0 aliphatic carbocycles. The number of nitrogens with one attached hydrogen (secondary N) is 1. The van der Waals surface area contributed by atoms with Crippen LogP contribution in [-0.2, 0) is 0 Å². The van der Waals surface area contributed by atoms with Crippen molar-refractivity contribution in [3.8, 4) is 28.6 Å². The van der Waals surface area contributed by atoms with Gasteiger partial charge >= 0.3 is 0 Å². The molecule has 1 heterocycles. The maximum Gasteiger partial charge on any atom is 0.280 e. The summed E-state index contributed by atoms with van der Waals surface area (Å²) in [5.41, 5.74) is -1.11. The van der Waals surface area contributed by atoms with Crippen LogP contribution >= 0.6 is 0 Å². The predicted molar refractivity (Wildman–Crippen MR) is 79.4 cm³/mol. The molecule has 3 aromatic rings. The van der Waals surface area contributed by atoms with Crippen LogP contribution in [-0.4, -0.2) is 30.2 Å². The van der Waals surface area contributed by atoms with Crippen LogP contribution in [0.25, 0.3) is 22.3 Å². The van der Waals surface area contributed by atoms with Crippen LogP contribution in [0.1, 0.15) is 0 Å². The predicted octanol–water partition coefficient (Wildman–Crippen LogP) is 1.62. The zero-order valence-corrected chi connectivity index (χ0v) is 11.3. The molecule has 2 aromatic carbocycles. The first-order valence-corrected chi connectivity index (χ1v) is 6.32. The van der Waals surface area contributed by atoms with Gasteiger partial charge in [-0.25, -0.2) is 4.98 Å². The molecular formula is C14H9N3O6. The number of hydrogen-bond donors (Lipinski definition) is 4. The number of nitro groups is 1. The lowest BCUT2D eigenvalue weighted by atomic mass is 10.1. The lowest BCUT2D eigenvalue weighted by Gasteiger charge is -2.07. The van der Waals surface area contributed by atoms with Gasteiger partial charge in [0.2, 0.25) is 5.75 Å². The smallest absolute Gasteiger partial charge is 0.280 e. The summed E-state index contributed by atoms with van der Waals surface area (Å²) in [6.45, 7) is 0. The Morgan fingerprint density at radius 1 is 1.13 bits per heavy atom. The van der Waals surface area contributed by atoms with E-state index in [0.717, 1.165) is 6.07 Å². The number of aromatic nitrogens is 2. The van der Waals surface area contributed by atoms with Crippen molar-refractivity contribution >= 4 is 16.6 Å². The highest BCUT2D eigenvalue weighted by atomic mass is 16.6. The lowest BCUT2D eigenvalue weighted by molar-refractivity contribution is -0.384. The Labute approximate surface area is 127 Å². The summed E-state index contributed by atoms with van der Waals surface area (Å²) in [5.74, 6) is -2.42. The maximum atomic E-state index is 12.1. The molecule has 0 aliphatic rings.